The number of hydrogen-bond acceptors (Lipinski definition) is 3. The molecule has 1 heterocycles. The van der Waals surface area contributed by atoms with Crippen molar-refractivity contribution in [1.29, 1.82) is 0 Å². The van der Waals surface area contributed by atoms with Gasteiger partial charge in [0.05, 0.1) is 5.41 Å². The van der Waals surface area contributed by atoms with Gasteiger partial charge in [-0.15, -0.1) is 0 Å². The molecule has 4 nitrogen and oxygen atoms in total. The monoisotopic (exact) mass is 253 g/mol. The van der Waals surface area contributed by atoms with Crippen molar-refractivity contribution in [3.63, 3.8) is 0 Å². The highest BCUT2D eigenvalue weighted by Gasteiger charge is 2.39. The van der Waals surface area contributed by atoms with Crippen molar-refractivity contribution in [3.8, 4) is 0 Å². The molecule has 0 bridgehead atoms. The summed E-state index contributed by atoms with van der Waals surface area (Å²) < 4.78 is 0. The summed E-state index contributed by atoms with van der Waals surface area (Å²) in [5.41, 5.74) is -0.142. The minimum absolute atomic E-state index is 0.142. The topological polar surface area (TPSA) is 44.4 Å². The fourth-order valence-electron chi connectivity index (χ4n) is 2.94. The van der Waals surface area contributed by atoms with Crippen LogP contribution in [0.4, 0.5) is 0 Å². The molecule has 18 heavy (non-hydrogen) atoms. The smallest absolute Gasteiger partial charge is 0.227 e. The van der Waals surface area contributed by atoms with E-state index in [9.17, 15) is 4.79 Å². The molecule has 1 saturated heterocycles. The molecule has 0 aromatic rings. The third-order valence-electron chi connectivity index (χ3n) is 4.56. The Morgan fingerprint density at radius 2 is 2.22 bits per heavy atom. The van der Waals surface area contributed by atoms with Crippen molar-refractivity contribution in [2.75, 3.05) is 32.7 Å². The second-order valence-electron chi connectivity index (χ2n) is 5.68. The standard InChI is InChI=1S/C14H27N3O/c1-3-14(7-8-15-11-14)13(18)16-9-10-17(4-2)12-5-6-12/h12,15H,3-11H2,1-2H3,(H,16,18). The average Bonchev–Trinajstić information content (AvgIpc) is 3.11. The molecule has 1 amide bonds. The first-order valence-corrected chi connectivity index (χ1v) is 7.45. The molecule has 1 saturated carbocycles. The molecule has 0 aromatic heterocycles. The summed E-state index contributed by atoms with van der Waals surface area (Å²) in [6, 6.07) is 0.792. The van der Waals surface area contributed by atoms with Crippen LogP contribution < -0.4 is 10.6 Å². The molecule has 1 unspecified atom stereocenters. The van der Waals surface area contributed by atoms with Gasteiger partial charge >= 0.3 is 0 Å². The van der Waals surface area contributed by atoms with E-state index in [0.29, 0.717) is 0 Å². The predicted molar refractivity (Wildman–Crippen MR) is 73.5 cm³/mol. The summed E-state index contributed by atoms with van der Waals surface area (Å²) in [4.78, 5) is 14.8. The lowest BCUT2D eigenvalue weighted by Gasteiger charge is -2.26. The molecule has 1 atom stereocenters. The quantitative estimate of drug-likeness (QED) is 0.711. The Kier molecular flexibility index (Phi) is 4.62. The van der Waals surface area contributed by atoms with Crippen LogP contribution in [0.2, 0.25) is 0 Å². The number of rotatable bonds is 7. The van der Waals surface area contributed by atoms with Crippen molar-refractivity contribution in [2.45, 2.75) is 45.6 Å². The largest absolute Gasteiger partial charge is 0.354 e. The van der Waals surface area contributed by atoms with Gasteiger partial charge in [0.15, 0.2) is 0 Å². The molecule has 2 rings (SSSR count). The van der Waals surface area contributed by atoms with Crippen LogP contribution in [0.25, 0.3) is 0 Å². The van der Waals surface area contributed by atoms with Gasteiger partial charge in [-0.1, -0.05) is 13.8 Å². The maximum absolute atomic E-state index is 12.3. The van der Waals surface area contributed by atoms with E-state index in [1.54, 1.807) is 0 Å². The lowest BCUT2D eigenvalue weighted by molar-refractivity contribution is -0.130. The van der Waals surface area contributed by atoms with Crippen molar-refractivity contribution in [3.05, 3.63) is 0 Å². The van der Waals surface area contributed by atoms with Crippen LogP contribution in [0, 0.1) is 5.41 Å². The summed E-state index contributed by atoms with van der Waals surface area (Å²) in [6.45, 7) is 9.04. The van der Waals surface area contributed by atoms with Crippen LogP contribution >= 0.6 is 0 Å². The molecular weight excluding hydrogens is 226 g/mol. The van der Waals surface area contributed by atoms with Crippen molar-refractivity contribution < 1.29 is 4.79 Å². The van der Waals surface area contributed by atoms with E-state index in [-0.39, 0.29) is 11.3 Å². The molecule has 2 fully saturated rings. The number of carbonyl (C=O) groups is 1. The lowest BCUT2D eigenvalue weighted by atomic mass is 9.83. The van der Waals surface area contributed by atoms with Gasteiger partial charge in [-0.05, 0) is 38.8 Å². The zero-order chi connectivity index (χ0) is 13.0. The SMILES string of the molecule is CCN(CCNC(=O)C1(CC)CCNC1)C1CC1. The van der Waals surface area contributed by atoms with Gasteiger partial charge < -0.3 is 10.6 Å². The van der Waals surface area contributed by atoms with Crippen LogP contribution in [-0.2, 0) is 4.79 Å². The summed E-state index contributed by atoms with van der Waals surface area (Å²) in [7, 11) is 0. The minimum atomic E-state index is -0.142. The van der Waals surface area contributed by atoms with E-state index in [1.807, 2.05) is 0 Å². The molecule has 104 valence electrons. The molecular formula is C14H27N3O. The first-order chi connectivity index (χ1) is 8.72. The van der Waals surface area contributed by atoms with Gasteiger partial charge in [-0.3, -0.25) is 9.69 Å². The molecule has 4 heteroatoms. The third-order valence-corrected chi connectivity index (χ3v) is 4.56. The van der Waals surface area contributed by atoms with Crippen LogP contribution in [0.1, 0.15) is 39.5 Å². The normalized spacial score (nSPS) is 27.7. The Hall–Kier alpha value is -0.610. The second-order valence-corrected chi connectivity index (χ2v) is 5.68. The molecule has 0 aromatic carbocycles. The zero-order valence-corrected chi connectivity index (χ0v) is 11.8. The first-order valence-electron chi connectivity index (χ1n) is 7.45. The van der Waals surface area contributed by atoms with E-state index in [1.165, 1.54) is 12.8 Å². The molecule has 1 aliphatic carbocycles. The number of hydrogen-bond donors (Lipinski definition) is 2. The van der Waals surface area contributed by atoms with E-state index in [4.69, 9.17) is 0 Å². The fraction of sp³-hybridized carbons (Fsp3) is 0.929. The maximum Gasteiger partial charge on any atom is 0.227 e. The Balaban J connectivity index is 1.73. The fourth-order valence-corrected chi connectivity index (χ4v) is 2.94. The van der Waals surface area contributed by atoms with E-state index in [0.717, 1.165) is 51.6 Å². The van der Waals surface area contributed by atoms with Crippen LogP contribution in [0.15, 0.2) is 0 Å². The molecule has 0 spiro atoms. The van der Waals surface area contributed by atoms with Crippen molar-refractivity contribution in [1.82, 2.24) is 15.5 Å². The molecule has 0 radical (unpaired) electrons. The summed E-state index contributed by atoms with van der Waals surface area (Å²) in [6.07, 6.45) is 4.59. The summed E-state index contributed by atoms with van der Waals surface area (Å²) in [5, 5.41) is 6.46. The predicted octanol–water partition coefficient (Wildman–Crippen LogP) is 0.977. The average molecular weight is 253 g/mol. The van der Waals surface area contributed by atoms with Crippen molar-refractivity contribution in [2.24, 2.45) is 5.41 Å². The first kappa shape index (κ1) is 13.8. The Bertz CT molecular complexity index is 283. The van der Waals surface area contributed by atoms with Crippen molar-refractivity contribution >= 4 is 5.91 Å². The Morgan fingerprint density at radius 1 is 1.44 bits per heavy atom. The number of amides is 1. The van der Waals surface area contributed by atoms with E-state index < -0.39 is 0 Å². The van der Waals surface area contributed by atoms with Gasteiger partial charge in [-0.25, -0.2) is 0 Å². The van der Waals surface area contributed by atoms with Gasteiger partial charge in [0.1, 0.15) is 0 Å². The number of nitrogens with zero attached hydrogens (tertiary/aromatic N) is 1. The second kappa shape index (κ2) is 6.02. The maximum atomic E-state index is 12.3. The van der Waals surface area contributed by atoms with Gasteiger partial charge in [-0.2, -0.15) is 0 Å². The van der Waals surface area contributed by atoms with Crippen LogP contribution in [0.3, 0.4) is 0 Å². The van der Waals surface area contributed by atoms with E-state index in [2.05, 4.69) is 29.4 Å². The third kappa shape index (κ3) is 3.04. The van der Waals surface area contributed by atoms with Gasteiger partial charge in [0.2, 0.25) is 5.91 Å². The van der Waals surface area contributed by atoms with Gasteiger partial charge in [0.25, 0.3) is 0 Å². The number of nitrogens with one attached hydrogen (secondary N) is 2. The highest BCUT2D eigenvalue weighted by Crippen LogP contribution is 2.29. The zero-order valence-electron chi connectivity index (χ0n) is 11.8. The minimum Gasteiger partial charge on any atom is -0.354 e. The highest BCUT2D eigenvalue weighted by atomic mass is 16.2. The van der Waals surface area contributed by atoms with E-state index >= 15 is 0 Å². The summed E-state index contributed by atoms with van der Waals surface area (Å²) in [5.74, 6) is 0.252. The number of carbonyl (C=O) groups excluding carboxylic acids is 1. The summed E-state index contributed by atoms with van der Waals surface area (Å²) >= 11 is 0. The van der Waals surface area contributed by atoms with Crippen LogP contribution in [-0.4, -0.2) is 49.6 Å². The molecule has 1 aliphatic heterocycles. The molecule has 2 aliphatic rings. The van der Waals surface area contributed by atoms with Gasteiger partial charge in [0, 0.05) is 25.7 Å². The Labute approximate surface area is 110 Å². The Morgan fingerprint density at radius 3 is 2.72 bits per heavy atom. The molecule has 2 N–H and O–H groups in total. The lowest BCUT2D eigenvalue weighted by Crippen LogP contribution is -2.45. The highest BCUT2D eigenvalue weighted by molar-refractivity contribution is 5.83. The number of likely N-dealkylation sites (N-methyl/N-ethyl adjacent to an activating group) is 1. The van der Waals surface area contributed by atoms with Crippen LogP contribution in [0.5, 0.6) is 0 Å².